The molecule has 1 aromatic rings. The van der Waals surface area contributed by atoms with E-state index in [4.69, 9.17) is 9.47 Å². The molecular formula is C21H34N3O4+. The summed E-state index contributed by atoms with van der Waals surface area (Å²) in [4.78, 5) is 27.9. The van der Waals surface area contributed by atoms with Gasteiger partial charge in [-0.05, 0) is 57.4 Å². The van der Waals surface area contributed by atoms with Gasteiger partial charge in [-0.1, -0.05) is 0 Å². The zero-order valence-electron chi connectivity index (χ0n) is 18.0. The summed E-state index contributed by atoms with van der Waals surface area (Å²) in [6, 6.07) is 3.95. The summed E-state index contributed by atoms with van der Waals surface area (Å²) in [5.41, 5.74) is 2.00. The highest BCUT2D eigenvalue weighted by atomic mass is 16.5. The van der Waals surface area contributed by atoms with Crippen molar-refractivity contribution in [3.05, 3.63) is 23.3 Å². The molecule has 0 fully saturated rings. The van der Waals surface area contributed by atoms with Crippen LogP contribution in [0.5, 0.6) is 11.5 Å². The van der Waals surface area contributed by atoms with Crippen LogP contribution in [0.3, 0.4) is 0 Å². The maximum atomic E-state index is 12.8. The van der Waals surface area contributed by atoms with Gasteiger partial charge in [0.15, 0.2) is 24.6 Å². The van der Waals surface area contributed by atoms with Crippen LogP contribution in [0.25, 0.3) is 0 Å². The van der Waals surface area contributed by atoms with Gasteiger partial charge in [0.05, 0.1) is 20.8 Å². The average molecular weight is 393 g/mol. The molecule has 0 aliphatic carbocycles. The van der Waals surface area contributed by atoms with Crippen LogP contribution in [0.15, 0.2) is 12.1 Å². The normalized spacial score (nSPS) is 14.9. The molecule has 2 amide bonds. The summed E-state index contributed by atoms with van der Waals surface area (Å²) in [6.45, 7) is 10.4. The van der Waals surface area contributed by atoms with Gasteiger partial charge in [-0.2, -0.15) is 0 Å². The highest BCUT2D eigenvalue weighted by molar-refractivity contribution is 5.79. The van der Waals surface area contributed by atoms with E-state index in [0.717, 1.165) is 23.4 Å². The molecule has 2 rings (SSSR count). The molecule has 0 spiro atoms. The number of methoxy groups -OCH3 is 2. The van der Waals surface area contributed by atoms with Crippen LogP contribution >= 0.6 is 0 Å². The Hall–Kier alpha value is -2.28. The number of quaternary nitrogens is 1. The number of amides is 2. The van der Waals surface area contributed by atoms with Gasteiger partial charge in [-0.25, -0.2) is 0 Å². The quantitative estimate of drug-likeness (QED) is 0.705. The lowest BCUT2D eigenvalue weighted by atomic mass is 9.98. The van der Waals surface area contributed by atoms with Crippen molar-refractivity contribution in [1.29, 1.82) is 0 Å². The molecule has 156 valence electrons. The molecule has 0 saturated heterocycles. The molecule has 0 bridgehead atoms. The predicted molar refractivity (Wildman–Crippen MR) is 108 cm³/mol. The van der Waals surface area contributed by atoms with Crippen molar-refractivity contribution in [1.82, 2.24) is 10.2 Å². The molecule has 1 aliphatic rings. The van der Waals surface area contributed by atoms with Crippen LogP contribution in [0.1, 0.15) is 38.8 Å². The van der Waals surface area contributed by atoms with E-state index < -0.39 is 0 Å². The number of benzene rings is 1. The fourth-order valence-corrected chi connectivity index (χ4v) is 3.42. The zero-order valence-corrected chi connectivity index (χ0v) is 18.0. The summed E-state index contributed by atoms with van der Waals surface area (Å²) < 4.78 is 10.8. The molecule has 0 saturated carbocycles. The van der Waals surface area contributed by atoms with Crippen molar-refractivity contribution in [3.8, 4) is 11.5 Å². The van der Waals surface area contributed by atoms with Crippen molar-refractivity contribution in [2.45, 2.75) is 46.2 Å². The molecule has 2 N–H and O–H groups in total. The number of rotatable bonds is 7. The molecule has 0 aromatic heterocycles. The minimum atomic E-state index is -0.267. The first kappa shape index (κ1) is 22.0. The Bertz CT molecular complexity index is 712. The Kier molecular flexibility index (Phi) is 7.29. The number of hydrogen-bond donors (Lipinski definition) is 2. The van der Waals surface area contributed by atoms with E-state index in [9.17, 15) is 9.59 Å². The summed E-state index contributed by atoms with van der Waals surface area (Å²) >= 11 is 0. The Morgan fingerprint density at radius 3 is 2.25 bits per heavy atom. The molecule has 28 heavy (non-hydrogen) atoms. The van der Waals surface area contributed by atoms with Gasteiger partial charge in [0, 0.05) is 18.6 Å². The van der Waals surface area contributed by atoms with Gasteiger partial charge >= 0.3 is 0 Å². The second-order valence-corrected chi connectivity index (χ2v) is 8.30. The molecule has 1 unspecified atom stereocenters. The minimum absolute atomic E-state index is 0.0297. The molecule has 1 atom stereocenters. The third-order valence-corrected chi connectivity index (χ3v) is 4.90. The molecule has 0 radical (unpaired) electrons. The number of carbonyl (C=O) groups excluding carboxylic acids is 2. The Balaban J connectivity index is 2.00. The fourth-order valence-electron chi connectivity index (χ4n) is 3.42. The van der Waals surface area contributed by atoms with Crippen LogP contribution < -0.4 is 19.7 Å². The first-order valence-corrected chi connectivity index (χ1v) is 9.83. The molecule has 1 aromatic carbocycles. The number of nitrogens with zero attached hydrogens (tertiary/aromatic N) is 1. The van der Waals surface area contributed by atoms with E-state index in [1.165, 1.54) is 5.56 Å². The van der Waals surface area contributed by atoms with E-state index in [2.05, 4.69) is 5.32 Å². The van der Waals surface area contributed by atoms with Gasteiger partial charge in [-0.15, -0.1) is 0 Å². The molecule has 7 heteroatoms. The maximum Gasteiger partial charge on any atom is 0.278 e. The van der Waals surface area contributed by atoms with E-state index in [-0.39, 0.29) is 17.4 Å². The minimum Gasteiger partial charge on any atom is -0.493 e. The number of hydrogen-bond acceptors (Lipinski definition) is 4. The predicted octanol–water partition coefficient (Wildman–Crippen LogP) is 0.408. The Morgan fingerprint density at radius 1 is 1.11 bits per heavy atom. The summed E-state index contributed by atoms with van der Waals surface area (Å²) in [5, 5.41) is 2.96. The third kappa shape index (κ3) is 5.86. The first-order valence-electron chi connectivity index (χ1n) is 9.83. The van der Waals surface area contributed by atoms with Gasteiger partial charge in [0.25, 0.3) is 11.8 Å². The Morgan fingerprint density at radius 2 is 1.71 bits per heavy atom. The molecular weight excluding hydrogens is 358 g/mol. The second-order valence-electron chi connectivity index (χ2n) is 8.30. The number of carbonyl (C=O) groups is 2. The number of fused-ring (bicyclic) bond motifs is 1. The van der Waals surface area contributed by atoms with Gasteiger partial charge in [0.1, 0.15) is 0 Å². The van der Waals surface area contributed by atoms with E-state index in [1.807, 2.05) is 44.7 Å². The largest absolute Gasteiger partial charge is 0.493 e. The van der Waals surface area contributed by atoms with Gasteiger partial charge in [0.2, 0.25) is 0 Å². The highest BCUT2D eigenvalue weighted by Gasteiger charge is 2.26. The van der Waals surface area contributed by atoms with Crippen LogP contribution in [0.2, 0.25) is 0 Å². The summed E-state index contributed by atoms with van der Waals surface area (Å²) in [7, 11) is 3.24. The second kappa shape index (κ2) is 9.28. The lowest BCUT2D eigenvalue weighted by Gasteiger charge is -2.30. The SMILES string of the molecule is CC[NH+](CC(=O)NC(C)(C)C)CC(=O)N1CCc2cc(OC)c(OC)cc2C1. The maximum absolute atomic E-state index is 12.8. The average Bonchev–Trinajstić information content (AvgIpc) is 2.64. The van der Waals surface area contributed by atoms with E-state index >= 15 is 0 Å². The molecule has 7 nitrogen and oxygen atoms in total. The highest BCUT2D eigenvalue weighted by Crippen LogP contribution is 2.33. The number of ether oxygens (including phenoxy) is 2. The lowest BCUT2D eigenvalue weighted by molar-refractivity contribution is -0.882. The fraction of sp³-hybridized carbons (Fsp3) is 0.619. The molecule has 1 heterocycles. The zero-order chi connectivity index (χ0) is 20.9. The first-order chi connectivity index (χ1) is 13.2. The lowest BCUT2D eigenvalue weighted by Crippen LogP contribution is -3.14. The van der Waals surface area contributed by atoms with E-state index in [0.29, 0.717) is 37.7 Å². The monoisotopic (exact) mass is 392 g/mol. The van der Waals surface area contributed by atoms with Crippen molar-refractivity contribution >= 4 is 11.8 Å². The Labute approximate surface area is 168 Å². The van der Waals surface area contributed by atoms with Crippen molar-refractivity contribution in [2.24, 2.45) is 0 Å². The van der Waals surface area contributed by atoms with Crippen molar-refractivity contribution in [3.63, 3.8) is 0 Å². The van der Waals surface area contributed by atoms with Crippen LogP contribution in [-0.4, -0.2) is 62.7 Å². The third-order valence-electron chi connectivity index (χ3n) is 4.90. The van der Waals surface area contributed by atoms with Crippen molar-refractivity contribution < 1.29 is 24.0 Å². The smallest absolute Gasteiger partial charge is 0.278 e. The van der Waals surface area contributed by atoms with Gasteiger partial charge < -0.3 is 24.6 Å². The number of nitrogens with one attached hydrogen (secondary N) is 2. The van der Waals surface area contributed by atoms with Crippen LogP contribution in [0.4, 0.5) is 0 Å². The van der Waals surface area contributed by atoms with Crippen LogP contribution in [0, 0.1) is 0 Å². The van der Waals surface area contributed by atoms with Gasteiger partial charge in [-0.3, -0.25) is 9.59 Å². The van der Waals surface area contributed by atoms with Crippen molar-refractivity contribution in [2.75, 3.05) is 40.4 Å². The number of likely N-dealkylation sites (N-methyl/N-ethyl adjacent to an activating group) is 1. The standard InChI is InChI=1S/C21H33N3O4/c1-7-23(13-19(25)22-21(2,3)4)14-20(26)24-9-8-15-10-17(27-5)18(28-6)11-16(15)12-24/h10-11H,7-9,12-14H2,1-6H3,(H,22,25)/p+1. The topological polar surface area (TPSA) is 72.3 Å². The summed E-state index contributed by atoms with van der Waals surface area (Å²) in [6.07, 6.45) is 0.785. The van der Waals surface area contributed by atoms with Crippen LogP contribution in [-0.2, 0) is 22.6 Å². The summed E-state index contributed by atoms with van der Waals surface area (Å²) in [5.74, 6) is 1.43. The molecule has 1 aliphatic heterocycles. The van der Waals surface area contributed by atoms with E-state index in [1.54, 1.807) is 14.2 Å².